The molecule has 20 heavy (non-hydrogen) atoms. The van der Waals surface area contributed by atoms with Crippen LogP contribution in [0.25, 0.3) is 0 Å². The molecule has 0 saturated carbocycles. The summed E-state index contributed by atoms with van der Waals surface area (Å²) in [6.45, 7) is 0. The number of hydrogen-bond acceptors (Lipinski definition) is 7. The van der Waals surface area contributed by atoms with Gasteiger partial charge in [0.05, 0.1) is 29.9 Å². The van der Waals surface area contributed by atoms with Crippen molar-refractivity contribution in [3.63, 3.8) is 0 Å². The van der Waals surface area contributed by atoms with Gasteiger partial charge in [-0.05, 0) is 0 Å². The van der Waals surface area contributed by atoms with E-state index in [-0.39, 0.29) is 14.8 Å². The average Bonchev–Trinajstić information content (AvgIpc) is 2.71. The second-order valence-electron chi connectivity index (χ2n) is 3.36. The monoisotopic (exact) mass is 329 g/mol. The minimum Gasteiger partial charge on any atom is -0.468 e. The van der Waals surface area contributed by atoms with Gasteiger partial charge in [-0.25, -0.2) is 4.79 Å². The van der Waals surface area contributed by atoms with Gasteiger partial charge in [-0.1, -0.05) is 0 Å². The standard InChI is InChI=1S/C10H10F3NO4S2/c1-17-4(15)3-19-9-5(10(11,12)13)6(14)7(20-9)8(16)18-2/h3,14H2,1-2H3. The first-order valence-corrected chi connectivity index (χ1v) is 6.80. The van der Waals surface area contributed by atoms with Crippen LogP contribution in [0.1, 0.15) is 15.2 Å². The minimum atomic E-state index is -4.73. The molecular formula is C10H10F3NO4S2. The van der Waals surface area contributed by atoms with Gasteiger partial charge in [-0.15, -0.1) is 23.1 Å². The van der Waals surface area contributed by atoms with E-state index in [2.05, 4.69) is 9.47 Å². The van der Waals surface area contributed by atoms with Gasteiger partial charge in [0.25, 0.3) is 0 Å². The molecule has 0 saturated heterocycles. The molecule has 1 heterocycles. The molecule has 1 aromatic heterocycles. The Morgan fingerprint density at radius 2 is 1.90 bits per heavy atom. The summed E-state index contributed by atoms with van der Waals surface area (Å²) < 4.78 is 47.3. The molecular weight excluding hydrogens is 319 g/mol. The minimum absolute atomic E-state index is 0.277. The third-order valence-corrected chi connectivity index (χ3v) is 4.55. The van der Waals surface area contributed by atoms with E-state index in [4.69, 9.17) is 5.73 Å². The number of halogens is 3. The van der Waals surface area contributed by atoms with Gasteiger partial charge in [0.15, 0.2) is 0 Å². The number of rotatable bonds is 4. The summed E-state index contributed by atoms with van der Waals surface area (Å²) >= 11 is 1.14. The average molecular weight is 329 g/mol. The Morgan fingerprint density at radius 3 is 2.35 bits per heavy atom. The van der Waals surface area contributed by atoms with Crippen LogP contribution in [0.2, 0.25) is 0 Å². The number of ether oxygens (including phenoxy) is 2. The summed E-state index contributed by atoms with van der Waals surface area (Å²) in [5.74, 6) is -1.96. The number of anilines is 1. The highest BCUT2D eigenvalue weighted by atomic mass is 32.2. The van der Waals surface area contributed by atoms with Crippen LogP contribution in [-0.2, 0) is 20.4 Å². The van der Waals surface area contributed by atoms with Crippen LogP contribution < -0.4 is 5.73 Å². The van der Waals surface area contributed by atoms with Crippen LogP contribution in [0.4, 0.5) is 18.9 Å². The maximum Gasteiger partial charge on any atom is 0.420 e. The Hall–Kier alpha value is -1.42. The number of carbonyl (C=O) groups is 2. The fourth-order valence-electron chi connectivity index (χ4n) is 1.22. The Morgan fingerprint density at radius 1 is 1.30 bits per heavy atom. The molecule has 0 aromatic carbocycles. The van der Waals surface area contributed by atoms with Gasteiger partial charge in [0.1, 0.15) is 10.4 Å². The molecule has 2 N–H and O–H groups in total. The highest BCUT2D eigenvalue weighted by Crippen LogP contribution is 2.47. The van der Waals surface area contributed by atoms with Gasteiger partial charge in [-0.3, -0.25) is 4.79 Å². The number of alkyl halides is 3. The van der Waals surface area contributed by atoms with Crippen molar-refractivity contribution in [1.29, 1.82) is 0 Å². The predicted octanol–water partition coefficient (Wildman–Crippen LogP) is 2.40. The summed E-state index contributed by atoms with van der Waals surface area (Å²) in [6, 6.07) is 0. The van der Waals surface area contributed by atoms with Crippen molar-refractivity contribution in [1.82, 2.24) is 0 Å². The van der Waals surface area contributed by atoms with Gasteiger partial charge >= 0.3 is 18.1 Å². The van der Waals surface area contributed by atoms with Crippen molar-refractivity contribution in [2.24, 2.45) is 0 Å². The third-order valence-electron chi connectivity index (χ3n) is 2.12. The molecule has 0 aliphatic rings. The van der Waals surface area contributed by atoms with E-state index in [1.54, 1.807) is 0 Å². The molecule has 0 atom stereocenters. The van der Waals surface area contributed by atoms with E-state index in [0.29, 0.717) is 23.1 Å². The van der Waals surface area contributed by atoms with Crippen LogP contribution in [0, 0.1) is 0 Å². The lowest BCUT2D eigenvalue weighted by Gasteiger charge is -2.08. The quantitative estimate of drug-likeness (QED) is 0.675. The number of thiophene rings is 1. The van der Waals surface area contributed by atoms with Gasteiger partial charge in [0, 0.05) is 0 Å². The SMILES string of the molecule is COC(=O)CSc1sc(C(=O)OC)c(N)c1C(F)(F)F. The lowest BCUT2D eigenvalue weighted by atomic mass is 10.2. The maximum absolute atomic E-state index is 12.9. The smallest absolute Gasteiger partial charge is 0.420 e. The van der Waals surface area contributed by atoms with Crippen molar-refractivity contribution < 1.29 is 32.2 Å². The van der Waals surface area contributed by atoms with Gasteiger partial charge < -0.3 is 15.2 Å². The highest BCUT2D eigenvalue weighted by Gasteiger charge is 2.40. The van der Waals surface area contributed by atoms with Crippen molar-refractivity contribution >= 4 is 40.7 Å². The molecule has 0 aliphatic carbocycles. The molecule has 0 unspecified atom stereocenters. The number of esters is 2. The molecule has 1 rings (SSSR count). The number of hydrogen-bond donors (Lipinski definition) is 1. The second-order valence-corrected chi connectivity index (χ2v) is 5.63. The number of nitrogens with two attached hydrogens (primary N) is 1. The number of nitrogen functional groups attached to an aromatic ring is 1. The second kappa shape index (κ2) is 6.35. The van der Waals surface area contributed by atoms with Crippen LogP contribution in [0.3, 0.4) is 0 Å². The fraction of sp³-hybridized carbons (Fsp3) is 0.400. The number of thioether (sulfide) groups is 1. The van der Waals surface area contributed by atoms with Crippen molar-refractivity contribution in [2.45, 2.75) is 10.4 Å². The third kappa shape index (κ3) is 3.57. The topological polar surface area (TPSA) is 78.6 Å². The molecule has 10 heteroatoms. The molecule has 112 valence electrons. The van der Waals surface area contributed by atoms with Gasteiger partial charge in [0.2, 0.25) is 0 Å². The van der Waals surface area contributed by atoms with Crippen LogP contribution >= 0.6 is 23.1 Å². The van der Waals surface area contributed by atoms with E-state index in [9.17, 15) is 22.8 Å². The zero-order chi connectivity index (χ0) is 15.5. The number of carbonyl (C=O) groups excluding carboxylic acids is 2. The Balaban J connectivity index is 3.21. The lowest BCUT2D eigenvalue weighted by Crippen LogP contribution is -2.11. The van der Waals surface area contributed by atoms with E-state index in [1.807, 2.05) is 0 Å². The number of methoxy groups -OCH3 is 2. The first-order chi connectivity index (χ1) is 9.22. The first kappa shape index (κ1) is 16.6. The lowest BCUT2D eigenvalue weighted by molar-refractivity contribution is -0.139. The van der Waals surface area contributed by atoms with E-state index in [1.165, 1.54) is 0 Å². The summed E-state index contributed by atoms with van der Waals surface area (Å²) in [7, 11) is 2.16. The molecule has 0 bridgehead atoms. The Labute approximate surface area is 120 Å². The Bertz CT molecular complexity index is 527. The molecule has 0 spiro atoms. The zero-order valence-corrected chi connectivity index (χ0v) is 12.0. The maximum atomic E-state index is 12.9. The Kier molecular flexibility index (Phi) is 5.28. The van der Waals surface area contributed by atoms with E-state index < -0.39 is 29.4 Å². The summed E-state index contributed by atoms with van der Waals surface area (Å²) in [5, 5.41) is 0. The van der Waals surface area contributed by atoms with Crippen LogP contribution in [0.15, 0.2) is 4.21 Å². The van der Waals surface area contributed by atoms with E-state index in [0.717, 1.165) is 14.2 Å². The highest BCUT2D eigenvalue weighted by molar-refractivity contribution is 8.01. The molecule has 0 aliphatic heterocycles. The first-order valence-electron chi connectivity index (χ1n) is 4.99. The van der Waals surface area contributed by atoms with Crippen LogP contribution in [-0.4, -0.2) is 31.9 Å². The normalized spacial score (nSPS) is 11.2. The zero-order valence-electron chi connectivity index (χ0n) is 10.4. The fourth-order valence-corrected chi connectivity index (χ4v) is 3.51. The largest absolute Gasteiger partial charge is 0.468 e. The van der Waals surface area contributed by atoms with Gasteiger partial charge in [-0.2, -0.15) is 13.2 Å². The van der Waals surface area contributed by atoms with E-state index >= 15 is 0 Å². The van der Waals surface area contributed by atoms with Crippen molar-refractivity contribution in [3.8, 4) is 0 Å². The summed E-state index contributed by atoms with van der Waals surface area (Å²) in [6.07, 6.45) is -4.73. The van der Waals surface area contributed by atoms with Crippen LogP contribution in [0.5, 0.6) is 0 Å². The molecule has 0 amide bonds. The molecule has 5 nitrogen and oxygen atoms in total. The molecule has 0 radical (unpaired) electrons. The van der Waals surface area contributed by atoms with Crippen molar-refractivity contribution in [3.05, 3.63) is 10.4 Å². The predicted molar refractivity (Wildman–Crippen MR) is 67.8 cm³/mol. The summed E-state index contributed by atoms with van der Waals surface area (Å²) in [5.41, 5.74) is 3.54. The summed E-state index contributed by atoms with van der Waals surface area (Å²) in [4.78, 5) is 22.0. The molecule has 1 aromatic rings. The van der Waals surface area contributed by atoms with Crippen molar-refractivity contribution in [2.75, 3.05) is 25.7 Å². The molecule has 0 fully saturated rings.